The van der Waals surface area contributed by atoms with Crippen molar-refractivity contribution in [1.82, 2.24) is 0 Å². The predicted octanol–water partition coefficient (Wildman–Crippen LogP) is 4.94. The van der Waals surface area contributed by atoms with E-state index in [1.54, 1.807) is 27.9 Å². The molecule has 0 bridgehead atoms. The standard InChI is InChI=1S/C18H13NO2S2/c1-11-7-8-15-13(9-11)16(20)14(10-21-15)18-19-17(22-23-18)12-5-3-2-4-6-12/h2-10,18H,1H3. The summed E-state index contributed by atoms with van der Waals surface area (Å²) in [6.45, 7) is 1.97. The Morgan fingerprint density at radius 2 is 1.96 bits per heavy atom. The van der Waals surface area contributed by atoms with Crippen LogP contribution in [0.25, 0.3) is 11.0 Å². The van der Waals surface area contributed by atoms with Crippen LogP contribution in [0.3, 0.4) is 0 Å². The van der Waals surface area contributed by atoms with Gasteiger partial charge in [0.25, 0.3) is 0 Å². The monoisotopic (exact) mass is 339 g/mol. The van der Waals surface area contributed by atoms with Crippen LogP contribution in [0.5, 0.6) is 0 Å². The fourth-order valence-corrected chi connectivity index (χ4v) is 4.95. The van der Waals surface area contributed by atoms with E-state index in [9.17, 15) is 4.79 Å². The summed E-state index contributed by atoms with van der Waals surface area (Å²) in [5.41, 5.74) is 3.35. The molecule has 114 valence electrons. The summed E-state index contributed by atoms with van der Waals surface area (Å²) in [5.74, 6) is 0. The zero-order valence-corrected chi connectivity index (χ0v) is 14.0. The predicted molar refractivity (Wildman–Crippen MR) is 98.1 cm³/mol. The first kappa shape index (κ1) is 14.6. The first-order valence-electron chi connectivity index (χ1n) is 7.21. The molecule has 0 saturated carbocycles. The second-order valence-corrected chi connectivity index (χ2v) is 7.62. The minimum atomic E-state index is -0.226. The van der Waals surface area contributed by atoms with Crippen molar-refractivity contribution in [2.45, 2.75) is 12.3 Å². The maximum absolute atomic E-state index is 12.8. The van der Waals surface area contributed by atoms with Gasteiger partial charge in [0.2, 0.25) is 0 Å². The van der Waals surface area contributed by atoms with Crippen molar-refractivity contribution in [2.24, 2.45) is 4.99 Å². The number of aryl methyl sites for hydroxylation is 1. The van der Waals surface area contributed by atoms with E-state index in [2.05, 4.69) is 0 Å². The Labute approximate surface area is 141 Å². The molecule has 23 heavy (non-hydrogen) atoms. The van der Waals surface area contributed by atoms with Crippen molar-refractivity contribution in [3.05, 3.63) is 81.7 Å². The van der Waals surface area contributed by atoms with Gasteiger partial charge in [0.05, 0.1) is 10.9 Å². The van der Waals surface area contributed by atoms with Crippen LogP contribution in [0.2, 0.25) is 0 Å². The molecule has 1 aromatic heterocycles. The van der Waals surface area contributed by atoms with E-state index in [-0.39, 0.29) is 10.8 Å². The fourth-order valence-electron chi connectivity index (χ4n) is 2.50. The molecular formula is C18H13NO2S2. The molecule has 0 fully saturated rings. The smallest absolute Gasteiger partial charge is 0.198 e. The molecule has 0 amide bonds. The largest absolute Gasteiger partial charge is 0.464 e. The SMILES string of the molecule is Cc1ccc2occ(C3N=C(c4ccccc4)SS3)c(=O)c2c1. The van der Waals surface area contributed by atoms with Crippen molar-refractivity contribution in [3.63, 3.8) is 0 Å². The van der Waals surface area contributed by atoms with Gasteiger partial charge in [-0.2, -0.15) is 0 Å². The van der Waals surface area contributed by atoms with Crippen molar-refractivity contribution < 1.29 is 4.42 Å². The Bertz CT molecular complexity index is 964. The number of aliphatic imine (C=N–C) groups is 1. The normalized spacial score (nSPS) is 17.4. The molecule has 2 aromatic carbocycles. The van der Waals surface area contributed by atoms with Gasteiger partial charge in [0, 0.05) is 5.56 Å². The Morgan fingerprint density at radius 1 is 1.13 bits per heavy atom. The zero-order valence-electron chi connectivity index (χ0n) is 12.4. The number of fused-ring (bicyclic) bond motifs is 1. The number of hydrogen-bond acceptors (Lipinski definition) is 5. The Balaban J connectivity index is 1.77. The third kappa shape index (κ3) is 2.71. The average molecular weight is 339 g/mol. The summed E-state index contributed by atoms with van der Waals surface area (Å²) in [6, 6.07) is 15.7. The zero-order chi connectivity index (χ0) is 15.8. The lowest BCUT2D eigenvalue weighted by atomic mass is 10.1. The summed E-state index contributed by atoms with van der Waals surface area (Å²) in [4.78, 5) is 17.5. The summed E-state index contributed by atoms with van der Waals surface area (Å²) in [5, 5.41) is 1.34. The summed E-state index contributed by atoms with van der Waals surface area (Å²) in [6.07, 6.45) is 1.55. The molecular weight excluding hydrogens is 326 g/mol. The molecule has 1 atom stereocenters. The lowest BCUT2D eigenvalue weighted by molar-refractivity contribution is 0.592. The number of hydrogen-bond donors (Lipinski definition) is 0. The van der Waals surface area contributed by atoms with E-state index in [0.717, 1.165) is 16.2 Å². The lowest BCUT2D eigenvalue weighted by Crippen LogP contribution is -2.10. The molecule has 0 N–H and O–H groups in total. The highest BCUT2D eigenvalue weighted by Crippen LogP contribution is 2.47. The van der Waals surface area contributed by atoms with E-state index in [1.165, 1.54) is 0 Å². The number of nitrogens with zero attached hydrogens (tertiary/aromatic N) is 1. The van der Waals surface area contributed by atoms with Crippen LogP contribution in [0.15, 0.2) is 69.0 Å². The molecule has 3 nitrogen and oxygen atoms in total. The second-order valence-electron chi connectivity index (χ2n) is 5.35. The Kier molecular flexibility index (Phi) is 3.75. The second kappa shape index (κ2) is 5.91. The van der Waals surface area contributed by atoms with Gasteiger partial charge in [-0.1, -0.05) is 52.8 Å². The van der Waals surface area contributed by atoms with Crippen molar-refractivity contribution in [1.29, 1.82) is 0 Å². The van der Waals surface area contributed by atoms with Gasteiger partial charge in [-0.25, -0.2) is 0 Å². The number of benzene rings is 2. The molecule has 5 heteroatoms. The van der Waals surface area contributed by atoms with Crippen LogP contribution in [0.1, 0.15) is 22.1 Å². The van der Waals surface area contributed by atoms with Crippen LogP contribution in [-0.2, 0) is 0 Å². The minimum absolute atomic E-state index is 0.00566. The Hall–Kier alpha value is -1.98. The third-order valence-electron chi connectivity index (χ3n) is 3.69. The van der Waals surface area contributed by atoms with Crippen molar-refractivity contribution >= 4 is 37.6 Å². The quantitative estimate of drug-likeness (QED) is 0.620. The van der Waals surface area contributed by atoms with Crippen LogP contribution < -0.4 is 5.43 Å². The molecule has 3 aromatic rings. The first-order valence-corrected chi connectivity index (χ1v) is 9.42. The molecule has 2 heterocycles. The lowest BCUT2D eigenvalue weighted by Gasteiger charge is -2.05. The number of rotatable bonds is 2. The Morgan fingerprint density at radius 3 is 2.78 bits per heavy atom. The van der Waals surface area contributed by atoms with E-state index in [4.69, 9.17) is 9.41 Å². The van der Waals surface area contributed by atoms with Gasteiger partial charge in [-0.3, -0.25) is 9.79 Å². The van der Waals surface area contributed by atoms with Crippen LogP contribution >= 0.6 is 21.6 Å². The van der Waals surface area contributed by atoms with Gasteiger partial charge in [0.1, 0.15) is 22.3 Å². The van der Waals surface area contributed by atoms with Gasteiger partial charge in [-0.15, -0.1) is 0 Å². The molecule has 1 aliphatic rings. The highest BCUT2D eigenvalue weighted by Gasteiger charge is 2.25. The maximum Gasteiger partial charge on any atom is 0.198 e. The van der Waals surface area contributed by atoms with E-state index in [0.29, 0.717) is 16.5 Å². The van der Waals surface area contributed by atoms with Crippen LogP contribution in [0, 0.1) is 6.92 Å². The third-order valence-corrected chi connectivity index (χ3v) is 6.14. The molecule has 0 radical (unpaired) electrons. The summed E-state index contributed by atoms with van der Waals surface area (Å²) >= 11 is 0. The van der Waals surface area contributed by atoms with E-state index >= 15 is 0 Å². The summed E-state index contributed by atoms with van der Waals surface area (Å²) in [7, 11) is 3.18. The molecule has 1 aliphatic heterocycles. The highest BCUT2D eigenvalue weighted by atomic mass is 33.1. The van der Waals surface area contributed by atoms with Crippen LogP contribution in [-0.4, -0.2) is 5.04 Å². The van der Waals surface area contributed by atoms with Gasteiger partial charge >= 0.3 is 0 Å². The molecule has 1 unspecified atom stereocenters. The van der Waals surface area contributed by atoms with Crippen LogP contribution in [0.4, 0.5) is 0 Å². The maximum atomic E-state index is 12.8. The van der Waals surface area contributed by atoms with Crippen molar-refractivity contribution in [2.75, 3.05) is 0 Å². The molecule has 0 spiro atoms. The molecule has 4 rings (SSSR count). The molecule has 0 aliphatic carbocycles. The topological polar surface area (TPSA) is 42.6 Å². The highest BCUT2D eigenvalue weighted by molar-refractivity contribution is 8.82. The van der Waals surface area contributed by atoms with Crippen molar-refractivity contribution in [3.8, 4) is 0 Å². The van der Waals surface area contributed by atoms with Gasteiger partial charge in [-0.05, 0) is 29.9 Å². The van der Waals surface area contributed by atoms with Gasteiger partial charge in [0.15, 0.2) is 5.43 Å². The van der Waals surface area contributed by atoms with Gasteiger partial charge < -0.3 is 4.42 Å². The minimum Gasteiger partial charge on any atom is -0.464 e. The summed E-state index contributed by atoms with van der Waals surface area (Å²) < 4.78 is 5.64. The first-order chi connectivity index (χ1) is 11.2. The van der Waals surface area contributed by atoms with E-state index < -0.39 is 0 Å². The average Bonchev–Trinajstić information content (AvgIpc) is 3.06. The fraction of sp³-hybridized carbons (Fsp3) is 0.111. The molecule has 0 saturated heterocycles. The van der Waals surface area contributed by atoms with E-state index in [1.807, 2.05) is 55.5 Å².